The summed E-state index contributed by atoms with van der Waals surface area (Å²) in [6, 6.07) is 13.8. The molecule has 4 aromatic rings. The van der Waals surface area contributed by atoms with Crippen LogP contribution in [0.3, 0.4) is 0 Å². The molecule has 6 nitrogen and oxygen atoms in total. The first-order chi connectivity index (χ1) is 16.3. The van der Waals surface area contributed by atoms with E-state index in [1.54, 1.807) is 16.8 Å². The second-order valence-corrected chi connectivity index (χ2v) is 8.44. The fourth-order valence-corrected chi connectivity index (χ4v) is 3.91. The number of hydrogen-bond acceptors (Lipinski definition) is 4. The van der Waals surface area contributed by atoms with E-state index in [0.29, 0.717) is 11.3 Å². The Morgan fingerprint density at radius 1 is 1.03 bits per heavy atom. The van der Waals surface area contributed by atoms with Gasteiger partial charge in [0.2, 0.25) is 0 Å². The van der Waals surface area contributed by atoms with Gasteiger partial charge in [-0.1, -0.05) is 29.8 Å². The highest BCUT2D eigenvalue weighted by Gasteiger charge is 2.32. The Morgan fingerprint density at radius 2 is 1.79 bits per heavy atom. The second-order valence-electron chi connectivity index (χ2n) is 8.44. The van der Waals surface area contributed by atoms with Crippen LogP contribution >= 0.6 is 0 Å². The smallest absolute Gasteiger partial charge is 0.356 e. The average molecular weight is 465 g/mol. The lowest BCUT2D eigenvalue weighted by molar-refractivity contribution is -0.137. The maximum absolute atomic E-state index is 13.2. The molecule has 0 radical (unpaired) electrons. The van der Waals surface area contributed by atoms with E-state index >= 15 is 0 Å². The minimum atomic E-state index is -4.52. The molecule has 1 aliphatic rings. The number of rotatable bonds is 5. The van der Waals surface area contributed by atoms with E-state index < -0.39 is 17.6 Å². The molecule has 1 N–H and O–H groups in total. The molecular formula is C25H22F3N5O. The molecule has 0 bridgehead atoms. The van der Waals surface area contributed by atoms with Crippen molar-refractivity contribution in [3.63, 3.8) is 0 Å². The van der Waals surface area contributed by atoms with Gasteiger partial charge in [-0.05, 0) is 43.2 Å². The van der Waals surface area contributed by atoms with Crippen molar-refractivity contribution in [3.8, 4) is 0 Å². The van der Waals surface area contributed by atoms with E-state index in [-0.39, 0.29) is 17.6 Å². The molecule has 1 aliphatic heterocycles. The van der Waals surface area contributed by atoms with Gasteiger partial charge in [-0.15, -0.1) is 0 Å². The molecule has 1 aromatic carbocycles. The van der Waals surface area contributed by atoms with Crippen LogP contribution in [0.15, 0.2) is 60.9 Å². The van der Waals surface area contributed by atoms with Crippen LogP contribution in [0.25, 0.3) is 11.0 Å². The van der Waals surface area contributed by atoms with Crippen LogP contribution in [0.4, 0.5) is 24.7 Å². The fourth-order valence-electron chi connectivity index (χ4n) is 3.91. The summed E-state index contributed by atoms with van der Waals surface area (Å²) in [6.45, 7) is 4.18. The quantitative estimate of drug-likeness (QED) is 0.436. The van der Waals surface area contributed by atoms with E-state index in [0.717, 1.165) is 48.7 Å². The standard InChI is InChI=1S/C25H22F3N5O/c1-16-3-5-17(6-4-16)15-33-21(12-18-11-19(25(26,27)28)13-30-23(18)33)24(34)31-20-7-8-22(29-14-20)32-9-2-10-32/h3-8,11-14H,2,9-10,15H2,1H3,(H,31,34). The van der Waals surface area contributed by atoms with Crippen molar-refractivity contribution >= 4 is 28.4 Å². The van der Waals surface area contributed by atoms with Gasteiger partial charge in [0, 0.05) is 31.2 Å². The highest BCUT2D eigenvalue weighted by molar-refractivity contribution is 6.06. The molecule has 0 atom stereocenters. The summed E-state index contributed by atoms with van der Waals surface area (Å²) in [7, 11) is 0. The van der Waals surface area contributed by atoms with E-state index in [1.807, 2.05) is 37.3 Å². The third-order valence-electron chi connectivity index (χ3n) is 5.94. The monoisotopic (exact) mass is 465 g/mol. The first-order valence-corrected chi connectivity index (χ1v) is 10.9. The number of carbonyl (C=O) groups excluding carboxylic acids is 1. The summed E-state index contributed by atoms with van der Waals surface area (Å²) in [6.07, 6.45) is -1.01. The van der Waals surface area contributed by atoms with Gasteiger partial charge in [-0.25, -0.2) is 9.97 Å². The van der Waals surface area contributed by atoms with Gasteiger partial charge in [0.25, 0.3) is 5.91 Å². The molecule has 0 unspecified atom stereocenters. The number of pyridine rings is 2. The van der Waals surface area contributed by atoms with E-state index in [4.69, 9.17) is 0 Å². The Bertz CT molecular complexity index is 1340. The number of amides is 1. The summed E-state index contributed by atoms with van der Waals surface area (Å²) < 4.78 is 41.3. The van der Waals surface area contributed by atoms with Crippen molar-refractivity contribution in [1.29, 1.82) is 0 Å². The highest BCUT2D eigenvalue weighted by atomic mass is 19.4. The lowest BCUT2D eigenvalue weighted by atomic mass is 10.1. The highest BCUT2D eigenvalue weighted by Crippen LogP contribution is 2.32. The molecule has 0 spiro atoms. The number of aryl methyl sites for hydroxylation is 1. The number of benzene rings is 1. The minimum absolute atomic E-state index is 0.217. The number of alkyl halides is 3. The second kappa shape index (κ2) is 8.48. The summed E-state index contributed by atoms with van der Waals surface area (Å²) in [5.74, 6) is 0.402. The van der Waals surface area contributed by atoms with Crippen molar-refractivity contribution in [2.24, 2.45) is 0 Å². The van der Waals surface area contributed by atoms with Crippen LogP contribution in [0.2, 0.25) is 0 Å². The molecule has 0 saturated carbocycles. The van der Waals surface area contributed by atoms with Crippen molar-refractivity contribution in [2.45, 2.75) is 26.1 Å². The predicted molar refractivity (Wildman–Crippen MR) is 124 cm³/mol. The number of nitrogens with one attached hydrogen (secondary N) is 1. The lowest BCUT2D eigenvalue weighted by Gasteiger charge is -2.31. The first kappa shape index (κ1) is 21.9. The van der Waals surface area contributed by atoms with E-state index in [2.05, 4.69) is 20.2 Å². The molecule has 9 heteroatoms. The number of hydrogen-bond donors (Lipinski definition) is 1. The molecule has 4 heterocycles. The number of fused-ring (bicyclic) bond motifs is 1. The van der Waals surface area contributed by atoms with Crippen LogP contribution in [-0.4, -0.2) is 33.5 Å². The molecule has 1 fully saturated rings. The van der Waals surface area contributed by atoms with Crippen molar-refractivity contribution < 1.29 is 18.0 Å². The van der Waals surface area contributed by atoms with E-state index in [1.165, 1.54) is 6.07 Å². The Morgan fingerprint density at radius 3 is 2.41 bits per heavy atom. The molecule has 0 aliphatic carbocycles. The third kappa shape index (κ3) is 4.33. The minimum Gasteiger partial charge on any atom is -0.356 e. The van der Waals surface area contributed by atoms with Gasteiger partial charge in [0.1, 0.15) is 17.2 Å². The summed E-state index contributed by atoms with van der Waals surface area (Å²) in [5.41, 5.74) is 2.16. The maximum Gasteiger partial charge on any atom is 0.417 e. The molecule has 1 saturated heterocycles. The average Bonchev–Trinajstić information content (AvgIpc) is 3.13. The maximum atomic E-state index is 13.2. The molecule has 174 valence electrons. The zero-order valence-electron chi connectivity index (χ0n) is 18.4. The van der Waals surface area contributed by atoms with Crippen LogP contribution < -0.4 is 10.2 Å². The summed E-state index contributed by atoms with van der Waals surface area (Å²) in [5, 5.41) is 3.06. The largest absolute Gasteiger partial charge is 0.417 e. The van der Waals surface area contributed by atoms with Crippen molar-refractivity contribution in [3.05, 3.63) is 83.3 Å². The van der Waals surface area contributed by atoms with Crippen LogP contribution in [-0.2, 0) is 12.7 Å². The van der Waals surface area contributed by atoms with Gasteiger partial charge < -0.3 is 14.8 Å². The number of carbonyl (C=O) groups is 1. The Kier molecular flexibility index (Phi) is 5.47. The third-order valence-corrected chi connectivity index (χ3v) is 5.94. The molecule has 34 heavy (non-hydrogen) atoms. The Hall–Kier alpha value is -3.88. The zero-order valence-corrected chi connectivity index (χ0v) is 18.4. The zero-order chi connectivity index (χ0) is 23.9. The molecule has 5 rings (SSSR count). The number of aromatic nitrogens is 3. The van der Waals surface area contributed by atoms with Crippen molar-refractivity contribution in [1.82, 2.24) is 14.5 Å². The van der Waals surface area contributed by atoms with Gasteiger partial charge in [0.05, 0.1) is 17.4 Å². The van der Waals surface area contributed by atoms with Crippen LogP contribution in [0, 0.1) is 6.92 Å². The Labute approximate surface area is 194 Å². The van der Waals surface area contributed by atoms with Gasteiger partial charge >= 0.3 is 6.18 Å². The van der Waals surface area contributed by atoms with Gasteiger partial charge in [0.15, 0.2) is 0 Å². The normalized spacial score (nSPS) is 13.7. The first-order valence-electron chi connectivity index (χ1n) is 10.9. The number of halogens is 3. The van der Waals surface area contributed by atoms with Crippen LogP contribution in [0.5, 0.6) is 0 Å². The Balaban J connectivity index is 1.49. The molecule has 1 amide bonds. The lowest BCUT2D eigenvalue weighted by Crippen LogP contribution is -2.37. The van der Waals surface area contributed by atoms with Gasteiger partial charge in [-0.3, -0.25) is 4.79 Å². The van der Waals surface area contributed by atoms with Gasteiger partial charge in [-0.2, -0.15) is 13.2 Å². The van der Waals surface area contributed by atoms with Crippen molar-refractivity contribution in [2.75, 3.05) is 23.3 Å². The summed E-state index contributed by atoms with van der Waals surface area (Å²) >= 11 is 0. The number of anilines is 2. The summed E-state index contributed by atoms with van der Waals surface area (Å²) in [4.78, 5) is 23.8. The van der Waals surface area contributed by atoms with Crippen LogP contribution in [0.1, 0.15) is 33.6 Å². The number of nitrogens with zero attached hydrogens (tertiary/aromatic N) is 4. The fraction of sp³-hybridized carbons (Fsp3) is 0.240. The molecule has 3 aromatic heterocycles. The predicted octanol–water partition coefficient (Wildman–Crippen LogP) is 5.27. The van der Waals surface area contributed by atoms with E-state index in [9.17, 15) is 18.0 Å². The SMILES string of the molecule is Cc1ccc(Cn2c(C(=O)Nc3ccc(N4CCC4)nc3)cc3cc(C(F)(F)F)cnc32)cc1. The molecular weight excluding hydrogens is 443 g/mol. The topological polar surface area (TPSA) is 63.1 Å².